The second-order valence-corrected chi connectivity index (χ2v) is 8.00. The minimum atomic E-state index is -4.80. The van der Waals surface area contributed by atoms with Gasteiger partial charge in [-0.05, 0) is 55.1 Å². The molecular weight excluding hydrogens is 474 g/mol. The summed E-state index contributed by atoms with van der Waals surface area (Å²) in [6.45, 7) is 2.12. The van der Waals surface area contributed by atoms with Gasteiger partial charge in [0.25, 0.3) is 11.8 Å². The summed E-state index contributed by atoms with van der Waals surface area (Å²) >= 11 is 1.43. The molecule has 1 aromatic heterocycles. The summed E-state index contributed by atoms with van der Waals surface area (Å²) in [5.41, 5.74) is 0.390. The van der Waals surface area contributed by atoms with Gasteiger partial charge in [-0.3, -0.25) is 9.59 Å². The molecule has 2 amide bonds. The molecule has 2 aromatic carbocycles. The Bertz CT molecular complexity index is 1180. The van der Waals surface area contributed by atoms with Crippen molar-refractivity contribution in [3.8, 4) is 5.69 Å². The van der Waals surface area contributed by atoms with Crippen molar-refractivity contribution in [3.63, 3.8) is 0 Å². The van der Waals surface area contributed by atoms with Crippen molar-refractivity contribution < 1.29 is 27.2 Å². The number of benzene rings is 2. The average Bonchev–Trinajstić information content (AvgIpc) is 3.21. The van der Waals surface area contributed by atoms with Crippen molar-refractivity contribution in [2.45, 2.75) is 25.4 Å². The monoisotopic (exact) mass is 495 g/mol. The van der Waals surface area contributed by atoms with E-state index in [0.717, 1.165) is 12.1 Å². The van der Waals surface area contributed by atoms with Crippen LogP contribution in [0.1, 0.15) is 44.6 Å². The predicted octanol–water partition coefficient (Wildman–Crippen LogP) is 3.97. The molecule has 0 spiro atoms. The molecule has 180 valence electrons. The van der Waals surface area contributed by atoms with Crippen LogP contribution in [0.5, 0.6) is 0 Å². The number of nitrogens with zero attached hydrogens (tertiary/aromatic N) is 3. The van der Waals surface area contributed by atoms with Gasteiger partial charge >= 0.3 is 6.18 Å². The number of hydrogen-bond acceptors (Lipinski definition) is 5. The van der Waals surface area contributed by atoms with Crippen LogP contribution in [0, 0.1) is 5.82 Å². The van der Waals surface area contributed by atoms with Crippen LogP contribution in [-0.4, -0.2) is 39.6 Å². The lowest BCUT2D eigenvalue weighted by molar-refractivity contribution is -0.140. The van der Waals surface area contributed by atoms with E-state index in [9.17, 15) is 27.2 Å². The van der Waals surface area contributed by atoms with Gasteiger partial charge in [0.1, 0.15) is 5.82 Å². The molecule has 0 aliphatic heterocycles. The molecule has 7 nitrogen and oxygen atoms in total. The van der Waals surface area contributed by atoms with E-state index in [1.165, 1.54) is 16.4 Å². The first-order valence-electron chi connectivity index (χ1n) is 10.1. The van der Waals surface area contributed by atoms with Gasteiger partial charge in [-0.2, -0.15) is 24.9 Å². The van der Waals surface area contributed by atoms with Gasteiger partial charge in [0, 0.05) is 24.4 Å². The Balaban J connectivity index is 1.78. The highest BCUT2D eigenvalue weighted by molar-refractivity contribution is 7.97. The molecule has 0 aliphatic rings. The molecule has 0 unspecified atom stereocenters. The van der Waals surface area contributed by atoms with E-state index in [2.05, 4.69) is 20.9 Å². The van der Waals surface area contributed by atoms with Crippen LogP contribution in [0.3, 0.4) is 0 Å². The van der Waals surface area contributed by atoms with Crippen LogP contribution in [0.2, 0.25) is 0 Å². The Labute approximate surface area is 196 Å². The molecule has 0 atom stereocenters. The Morgan fingerprint density at radius 1 is 1.06 bits per heavy atom. The quantitative estimate of drug-likeness (QED) is 0.462. The number of nitrogens with one attached hydrogen (secondary N) is 2. The summed E-state index contributed by atoms with van der Waals surface area (Å²) in [6.07, 6.45) is -2.96. The van der Waals surface area contributed by atoms with E-state index in [1.807, 2.05) is 13.2 Å². The van der Waals surface area contributed by atoms with Crippen molar-refractivity contribution in [3.05, 3.63) is 76.4 Å². The largest absolute Gasteiger partial charge is 0.419 e. The van der Waals surface area contributed by atoms with Gasteiger partial charge in [-0.15, -0.1) is 5.10 Å². The normalized spacial score (nSPS) is 11.4. The summed E-state index contributed by atoms with van der Waals surface area (Å²) in [5.74, 6) is -1.83. The lowest BCUT2D eigenvalue weighted by atomic mass is 10.1. The van der Waals surface area contributed by atoms with E-state index in [0.29, 0.717) is 35.3 Å². The molecule has 0 saturated carbocycles. The maximum Gasteiger partial charge on any atom is 0.419 e. The standard InChI is InChI=1S/C22H21F4N5O2S/c1-3-27-20(32)14-5-7-15(8-6-14)31-18(12-34-2)19(29-30-31)21(33)28-11-13-4-9-16(17(23)10-13)22(24,25)26/h4-10H,3,11-12H2,1-2H3,(H,27,32)(H,28,33). The Hall–Kier alpha value is -3.41. The van der Waals surface area contributed by atoms with Gasteiger partial charge in [0.05, 0.1) is 16.9 Å². The van der Waals surface area contributed by atoms with Crippen LogP contribution >= 0.6 is 11.8 Å². The molecule has 1 heterocycles. The van der Waals surface area contributed by atoms with Crippen molar-refractivity contribution >= 4 is 23.6 Å². The molecule has 2 N–H and O–H groups in total. The maximum absolute atomic E-state index is 13.8. The summed E-state index contributed by atoms with van der Waals surface area (Å²) in [7, 11) is 0. The highest BCUT2D eigenvalue weighted by Gasteiger charge is 2.33. The molecule has 0 bridgehead atoms. The number of alkyl halides is 3. The summed E-state index contributed by atoms with van der Waals surface area (Å²) < 4.78 is 53.4. The number of carbonyl (C=O) groups is 2. The molecule has 34 heavy (non-hydrogen) atoms. The number of carbonyl (C=O) groups excluding carboxylic acids is 2. The van der Waals surface area contributed by atoms with Crippen LogP contribution in [-0.2, 0) is 18.5 Å². The fraction of sp³-hybridized carbons (Fsp3) is 0.273. The summed E-state index contributed by atoms with van der Waals surface area (Å²) in [5, 5.41) is 13.3. The smallest absolute Gasteiger partial charge is 0.352 e. The SMILES string of the molecule is CCNC(=O)c1ccc(-n2nnc(C(=O)NCc3ccc(C(F)(F)F)c(F)c3)c2CSC)cc1. The fourth-order valence-electron chi connectivity index (χ4n) is 3.13. The average molecular weight is 496 g/mol. The third kappa shape index (κ3) is 5.74. The number of hydrogen-bond donors (Lipinski definition) is 2. The highest BCUT2D eigenvalue weighted by Crippen LogP contribution is 2.31. The van der Waals surface area contributed by atoms with Crippen molar-refractivity contribution in [1.29, 1.82) is 0 Å². The summed E-state index contributed by atoms with van der Waals surface area (Å²) in [4.78, 5) is 24.7. The van der Waals surface area contributed by atoms with E-state index < -0.39 is 23.5 Å². The second-order valence-electron chi connectivity index (χ2n) is 7.13. The number of thioether (sulfide) groups is 1. The van der Waals surface area contributed by atoms with E-state index in [-0.39, 0.29) is 23.7 Å². The van der Waals surface area contributed by atoms with Crippen LogP contribution in [0.4, 0.5) is 17.6 Å². The molecular formula is C22H21F4N5O2S. The first-order valence-corrected chi connectivity index (χ1v) is 11.5. The molecule has 3 rings (SSSR count). The zero-order chi connectivity index (χ0) is 24.9. The fourth-order valence-corrected chi connectivity index (χ4v) is 3.67. The zero-order valence-corrected chi connectivity index (χ0v) is 19.1. The minimum absolute atomic E-state index is 0.0366. The first-order chi connectivity index (χ1) is 16.2. The lowest BCUT2D eigenvalue weighted by Crippen LogP contribution is -2.25. The third-order valence-corrected chi connectivity index (χ3v) is 5.32. The van der Waals surface area contributed by atoms with E-state index in [4.69, 9.17) is 0 Å². The lowest BCUT2D eigenvalue weighted by Gasteiger charge is -2.10. The Morgan fingerprint density at radius 2 is 1.76 bits per heavy atom. The van der Waals surface area contributed by atoms with Gasteiger partial charge in [0.2, 0.25) is 0 Å². The van der Waals surface area contributed by atoms with Crippen molar-refractivity contribution in [1.82, 2.24) is 25.6 Å². The first kappa shape index (κ1) is 25.2. The van der Waals surface area contributed by atoms with Crippen molar-refractivity contribution in [2.75, 3.05) is 12.8 Å². The highest BCUT2D eigenvalue weighted by atomic mass is 32.2. The van der Waals surface area contributed by atoms with Crippen LogP contribution < -0.4 is 10.6 Å². The molecule has 0 saturated heterocycles. The van der Waals surface area contributed by atoms with Gasteiger partial charge < -0.3 is 10.6 Å². The van der Waals surface area contributed by atoms with Gasteiger partial charge in [-0.1, -0.05) is 11.3 Å². The maximum atomic E-state index is 13.8. The van der Waals surface area contributed by atoms with E-state index in [1.54, 1.807) is 24.3 Å². The molecule has 3 aromatic rings. The summed E-state index contributed by atoms with van der Waals surface area (Å²) in [6, 6.07) is 9.08. The minimum Gasteiger partial charge on any atom is -0.352 e. The van der Waals surface area contributed by atoms with Gasteiger partial charge in [0.15, 0.2) is 5.69 Å². The molecule has 0 fully saturated rings. The number of aromatic nitrogens is 3. The second kappa shape index (κ2) is 10.7. The number of amides is 2. The Kier molecular flexibility index (Phi) is 7.92. The third-order valence-electron chi connectivity index (χ3n) is 4.76. The van der Waals surface area contributed by atoms with E-state index >= 15 is 0 Å². The number of rotatable bonds is 8. The number of halogens is 4. The molecule has 0 aliphatic carbocycles. The Morgan fingerprint density at radius 3 is 2.35 bits per heavy atom. The van der Waals surface area contributed by atoms with Crippen LogP contribution in [0.15, 0.2) is 42.5 Å². The topological polar surface area (TPSA) is 88.9 Å². The molecule has 0 radical (unpaired) electrons. The zero-order valence-electron chi connectivity index (χ0n) is 18.2. The van der Waals surface area contributed by atoms with Crippen molar-refractivity contribution in [2.24, 2.45) is 0 Å². The predicted molar refractivity (Wildman–Crippen MR) is 119 cm³/mol. The van der Waals surface area contributed by atoms with Crippen LogP contribution in [0.25, 0.3) is 5.69 Å². The molecule has 12 heteroatoms. The van der Waals surface area contributed by atoms with Gasteiger partial charge in [-0.25, -0.2) is 9.07 Å².